The van der Waals surface area contributed by atoms with Crippen molar-refractivity contribution < 1.29 is 23.9 Å². The Morgan fingerprint density at radius 2 is 1.42 bits per heavy atom. The summed E-state index contributed by atoms with van der Waals surface area (Å²) in [6.07, 6.45) is 2.96. The van der Waals surface area contributed by atoms with E-state index >= 15 is 0 Å². The fourth-order valence-corrected chi connectivity index (χ4v) is 4.37. The number of esters is 1. The molecule has 0 unspecified atom stereocenters. The van der Waals surface area contributed by atoms with E-state index in [9.17, 15) is 19.2 Å². The molecular formula is C29H46N4O5. The lowest BCUT2D eigenvalue weighted by Crippen LogP contribution is -2.60. The van der Waals surface area contributed by atoms with Crippen molar-refractivity contribution in [1.29, 1.82) is 0 Å². The second-order valence-electron chi connectivity index (χ2n) is 10.7. The standard InChI is InChI=1S/C29H46N4O5/c1-7-19(5)24(32-26(34)22-15-12-16-30-22)28(36)33-25(20(6)8-2)27(35)31-23(18(3)4)29(37)38-17-21-13-10-9-11-14-21/h9-11,13-14,18-20,22-25,30H,7-8,12,15-17H2,1-6H3,(H,31,35)(H,32,34)(H,33,36)/t19-,20-,22-,23-,24-,25-/m0/s1. The summed E-state index contributed by atoms with van der Waals surface area (Å²) in [4.78, 5) is 52.5. The van der Waals surface area contributed by atoms with Crippen LogP contribution in [-0.4, -0.2) is 54.4 Å². The van der Waals surface area contributed by atoms with E-state index in [0.717, 1.165) is 24.9 Å². The third-order valence-electron chi connectivity index (χ3n) is 7.41. The highest BCUT2D eigenvalue weighted by Crippen LogP contribution is 2.15. The quantitative estimate of drug-likeness (QED) is 0.274. The Morgan fingerprint density at radius 3 is 1.92 bits per heavy atom. The lowest BCUT2D eigenvalue weighted by molar-refractivity contribution is -0.151. The maximum Gasteiger partial charge on any atom is 0.329 e. The van der Waals surface area contributed by atoms with Crippen LogP contribution in [-0.2, 0) is 30.5 Å². The van der Waals surface area contributed by atoms with Crippen LogP contribution >= 0.6 is 0 Å². The molecule has 1 heterocycles. The number of rotatable bonds is 14. The molecule has 1 fully saturated rings. The maximum atomic E-state index is 13.4. The Balaban J connectivity index is 2.11. The zero-order chi connectivity index (χ0) is 28.2. The lowest BCUT2D eigenvalue weighted by atomic mass is 9.94. The summed E-state index contributed by atoms with van der Waals surface area (Å²) in [5, 5.41) is 11.8. The number of hydrogen-bond donors (Lipinski definition) is 4. The second kappa shape index (κ2) is 15.5. The number of benzene rings is 1. The molecule has 38 heavy (non-hydrogen) atoms. The van der Waals surface area contributed by atoms with Crippen molar-refractivity contribution in [2.75, 3.05) is 6.54 Å². The minimum Gasteiger partial charge on any atom is -0.459 e. The molecule has 1 aliphatic heterocycles. The van der Waals surface area contributed by atoms with Gasteiger partial charge >= 0.3 is 5.97 Å². The van der Waals surface area contributed by atoms with Crippen LogP contribution < -0.4 is 21.3 Å². The van der Waals surface area contributed by atoms with Gasteiger partial charge in [-0.15, -0.1) is 0 Å². The summed E-state index contributed by atoms with van der Waals surface area (Å²) < 4.78 is 5.48. The predicted octanol–water partition coefficient (Wildman–Crippen LogP) is 2.68. The maximum absolute atomic E-state index is 13.4. The summed E-state index contributed by atoms with van der Waals surface area (Å²) in [7, 11) is 0. The minimum atomic E-state index is -0.872. The van der Waals surface area contributed by atoms with Crippen LogP contribution in [0.3, 0.4) is 0 Å². The van der Waals surface area contributed by atoms with Gasteiger partial charge in [0.1, 0.15) is 24.7 Å². The number of ether oxygens (including phenoxy) is 1. The summed E-state index contributed by atoms with van der Waals surface area (Å²) in [5.74, 6) is -2.13. The van der Waals surface area contributed by atoms with Gasteiger partial charge in [0.25, 0.3) is 0 Å². The molecule has 0 radical (unpaired) electrons. The van der Waals surface area contributed by atoms with Crippen LogP contribution in [0.15, 0.2) is 30.3 Å². The van der Waals surface area contributed by atoms with Crippen molar-refractivity contribution in [3.8, 4) is 0 Å². The SMILES string of the molecule is CC[C@H](C)[C@H](NC(=O)[C@@H]1CCCN1)C(=O)N[C@H](C(=O)N[C@H](C(=O)OCc1ccccc1)C(C)C)[C@@H](C)CC. The molecule has 0 spiro atoms. The van der Waals surface area contributed by atoms with Crippen LogP contribution in [0.1, 0.15) is 72.8 Å². The van der Waals surface area contributed by atoms with Gasteiger partial charge in [-0.05, 0) is 42.7 Å². The highest BCUT2D eigenvalue weighted by atomic mass is 16.5. The van der Waals surface area contributed by atoms with Gasteiger partial charge in [-0.3, -0.25) is 14.4 Å². The highest BCUT2D eigenvalue weighted by Gasteiger charge is 2.36. The molecule has 3 amide bonds. The lowest BCUT2D eigenvalue weighted by Gasteiger charge is -2.30. The van der Waals surface area contributed by atoms with Crippen molar-refractivity contribution in [2.45, 2.75) is 98.0 Å². The van der Waals surface area contributed by atoms with Crippen molar-refractivity contribution in [2.24, 2.45) is 17.8 Å². The molecule has 1 saturated heterocycles. The first-order valence-corrected chi connectivity index (χ1v) is 13.9. The first kappa shape index (κ1) is 31.3. The summed E-state index contributed by atoms with van der Waals surface area (Å²) in [6, 6.07) is 6.52. The van der Waals surface area contributed by atoms with Crippen LogP contribution in [0, 0.1) is 17.8 Å². The van der Waals surface area contributed by atoms with Crippen molar-refractivity contribution >= 4 is 23.7 Å². The number of amides is 3. The Kier molecular flexibility index (Phi) is 12.7. The third kappa shape index (κ3) is 9.11. The van der Waals surface area contributed by atoms with E-state index in [1.807, 2.05) is 71.9 Å². The van der Waals surface area contributed by atoms with Crippen LogP contribution in [0.25, 0.3) is 0 Å². The fourth-order valence-electron chi connectivity index (χ4n) is 4.37. The van der Waals surface area contributed by atoms with E-state index in [2.05, 4.69) is 21.3 Å². The molecule has 9 nitrogen and oxygen atoms in total. The summed E-state index contributed by atoms with van der Waals surface area (Å²) in [5.41, 5.74) is 0.852. The normalized spacial score (nSPS) is 19.1. The summed E-state index contributed by atoms with van der Waals surface area (Å²) >= 11 is 0. The van der Waals surface area contributed by atoms with Crippen LogP contribution in [0.5, 0.6) is 0 Å². The largest absolute Gasteiger partial charge is 0.459 e. The molecule has 0 aliphatic carbocycles. The van der Waals surface area contributed by atoms with Gasteiger partial charge < -0.3 is 26.0 Å². The molecular weight excluding hydrogens is 484 g/mol. The molecule has 0 saturated carbocycles. The smallest absolute Gasteiger partial charge is 0.329 e. The first-order valence-electron chi connectivity index (χ1n) is 13.9. The van der Waals surface area contributed by atoms with Crippen LogP contribution in [0.4, 0.5) is 0 Å². The predicted molar refractivity (Wildman–Crippen MR) is 147 cm³/mol. The van der Waals surface area contributed by atoms with Gasteiger partial charge in [-0.2, -0.15) is 0 Å². The van der Waals surface area contributed by atoms with E-state index in [0.29, 0.717) is 12.8 Å². The average molecular weight is 531 g/mol. The van der Waals surface area contributed by atoms with E-state index in [1.54, 1.807) is 0 Å². The minimum absolute atomic E-state index is 0.108. The highest BCUT2D eigenvalue weighted by molar-refractivity contribution is 5.94. The molecule has 1 aromatic rings. The second-order valence-corrected chi connectivity index (χ2v) is 10.7. The molecule has 6 atom stereocenters. The van der Waals surface area contributed by atoms with Crippen molar-refractivity contribution in [3.05, 3.63) is 35.9 Å². The van der Waals surface area contributed by atoms with Crippen LogP contribution in [0.2, 0.25) is 0 Å². The molecule has 212 valence electrons. The van der Waals surface area contributed by atoms with Gasteiger partial charge in [0.15, 0.2) is 0 Å². The number of hydrogen-bond acceptors (Lipinski definition) is 6. The molecule has 0 bridgehead atoms. The monoisotopic (exact) mass is 530 g/mol. The Bertz CT molecular complexity index is 917. The fraction of sp³-hybridized carbons (Fsp3) is 0.655. The van der Waals surface area contributed by atoms with Crippen molar-refractivity contribution in [1.82, 2.24) is 21.3 Å². The summed E-state index contributed by atoms with van der Waals surface area (Å²) in [6.45, 7) is 12.2. The molecule has 1 aliphatic rings. The number of nitrogens with one attached hydrogen (secondary N) is 4. The zero-order valence-corrected chi connectivity index (χ0v) is 23.7. The Morgan fingerprint density at radius 1 is 0.868 bits per heavy atom. The first-order chi connectivity index (χ1) is 18.1. The number of carbonyl (C=O) groups is 4. The van der Waals surface area contributed by atoms with Gasteiger partial charge in [0, 0.05) is 0 Å². The van der Waals surface area contributed by atoms with Gasteiger partial charge in [0.05, 0.1) is 6.04 Å². The molecule has 9 heteroatoms. The molecule has 0 aromatic heterocycles. The average Bonchev–Trinajstić information content (AvgIpc) is 3.46. The number of carbonyl (C=O) groups excluding carboxylic acids is 4. The van der Waals surface area contributed by atoms with Gasteiger partial charge in [-0.1, -0.05) is 84.7 Å². The van der Waals surface area contributed by atoms with E-state index in [4.69, 9.17) is 4.74 Å². The molecule has 1 aromatic carbocycles. The Hall–Kier alpha value is -2.94. The van der Waals surface area contributed by atoms with Gasteiger partial charge in [0.2, 0.25) is 17.7 Å². The topological polar surface area (TPSA) is 126 Å². The van der Waals surface area contributed by atoms with E-state index in [1.165, 1.54) is 0 Å². The molecule has 2 rings (SSSR count). The Labute approximate surface area is 227 Å². The van der Waals surface area contributed by atoms with E-state index in [-0.39, 0.29) is 36.3 Å². The van der Waals surface area contributed by atoms with E-state index < -0.39 is 35.9 Å². The third-order valence-corrected chi connectivity index (χ3v) is 7.41. The van der Waals surface area contributed by atoms with Crippen molar-refractivity contribution in [3.63, 3.8) is 0 Å². The van der Waals surface area contributed by atoms with Gasteiger partial charge in [-0.25, -0.2) is 4.79 Å². The zero-order valence-electron chi connectivity index (χ0n) is 23.7. The molecule has 4 N–H and O–H groups in total.